The van der Waals surface area contributed by atoms with Gasteiger partial charge in [-0.2, -0.15) is 5.10 Å². The van der Waals surface area contributed by atoms with Gasteiger partial charge in [0.1, 0.15) is 12.4 Å². The molecule has 7 nitrogen and oxygen atoms in total. The highest BCUT2D eigenvalue weighted by Crippen LogP contribution is 2.26. The van der Waals surface area contributed by atoms with E-state index in [0.29, 0.717) is 5.92 Å². The van der Waals surface area contributed by atoms with Crippen molar-refractivity contribution < 1.29 is 9.90 Å². The highest BCUT2D eigenvalue weighted by atomic mass is 16.4. The molecule has 1 saturated heterocycles. The van der Waals surface area contributed by atoms with Crippen LogP contribution in [0.1, 0.15) is 30.3 Å². The summed E-state index contributed by atoms with van der Waals surface area (Å²) in [5.74, 6) is 0.566. The first-order valence-corrected chi connectivity index (χ1v) is 7.55. The Morgan fingerprint density at radius 2 is 2.32 bits per heavy atom. The second kappa shape index (κ2) is 6.31. The number of carbonyl (C=O) groups is 1. The Morgan fingerprint density at radius 3 is 3.05 bits per heavy atom. The van der Waals surface area contributed by atoms with Crippen molar-refractivity contribution in [1.82, 2.24) is 24.2 Å². The number of nitrogens with zero attached hydrogens (tertiary/aromatic N) is 5. The molecule has 2 aromatic heterocycles. The van der Waals surface area contributed by atoms with Gasteiger partial charge in [-0.25, -0.2) is 4.98 Å². The predicted octanol–water partition coefficient (Wildman–Crippen LogP) is 1.08. The molecular weight excluding hydrogens is 282 g/mol. The van der Waals surface area contributed by atoms with E-state index in [0.717, 1.165) is 44.0 Å². The molecule has 118 valence electrons. The molecular formula is C15H21N5O2. The molecule has 0 unspecified atom stereocenters. The lowest BCUT2D eigenvalue weighted by Gasteiger charge is -2.31. The van der Waals surface area contributed by atoms with Gasteiger partial charge in [-0.3, -0.25) is 14.4 Å². The van der Waals surface area contributed by atoms with Crippen LogP contribution in [0.2, 0.25) is 0 Å². The molecule has 0 saturated carbocycles. The maximum atomic E-state index is 10.7. The van der Waals surface area contributed by atoms with E-state index in [-0.39, 0.29) is 6.54 Å². The zero-order valence-corrected chi connectivity index (χ0v) is 12.7. The van der Waals surface area contributed by atoms with Gasteiger partial charge >= 0.3 is 5.97 Å². The summed E-state index contributed by atoms with van der Waals surface area (Å²) in [4.78, 5) is 17.5. The summed E-state index contributed by atoms with van der Waals surface area (Å²) in [6, 6.07) is 1.94. The minimum absolute atomic E-state index is 0.0797. The van der Waals surface area contributed by atoms with Crippen LogP contribution in [-0.4, -0.2) is 48.4 Å². The number of rotatable bonds is 5. The smallest absolute Gasteiger partial charge is 0.325 e. The lowest BCUT2D eigenvalue weighted by molar-refractivity contribution is -0.137. The average molecular weight is 303 g/mol. The maximum absolute atomic E-state index is 10.7. The van der Waals surface area contributed by atoms with Crippen LogP contribution in [0.4, 0.5) is 0 Å². The highest BCUT2D eigenvalue weighted by Gasteiger charge is 2.24. The van der Waals surface area contributed by atoms with E-state index in [4.69, 9.17) is 5.11 Å². The standard InChI is InChI=1S/C15H21N5O2/c1-18-8-5-16-14(18)10-19-6-2-3-12(9-19)13-4-7-20(17-13)11-15(21)22/h4-5,7-8,12H,2-3,6,9-11H2,1H3,(H,21,22)/t12-/m1/s1. The Bertz CT molecular complexity index is 648. The summed E-state index contributed by atoms with van der Waals surface area (Å²) in [6.45, 7) is 2.77. The number of carboxylic acids is 1. The maximum Gasteiger partial charge on any atom is 0.325 e. The summed E-state index contributed by atoms with van der Waals surface area (Å²) in [5.41, 5.74) is 0.991. The van der Waals surface area contributed by atoms with Crippen LogP contribution in [0.5, 0.6) is 0 Å². The van der Waals surface area contributed by atoms with Crippen molar-refractivity contribution in [3.8, 4) is 0 Å². The van der Waals surface area contributed by atoms with Gasteiger partial charge in [0.2, 0.25) is 0 Å². The molecule has 0 aliphatic carbocycles. The second-order valence-electron chi connectivity index (χ2n) is 5.86. The number of hydrogen-bond acceptors (Lipinski definition) is 4. The van der Waals surface area contributed by atoms with Crippen molar-refractivity contribution in [2.45, 2.75) is 31.8 Å². The van der Waals surface area contributed by atoms with Gasteiger partial charge in [0.15, 0.2) is 0 Å². The summed E-state index contributed by atoms with van der Waals surface area (Å²) in [7, 11) is 2.01. The Morgan fingerprint density at radius 1 is 1.45 bits per heavy atom. The molecule has 0 radical (unpaired) electrons. The molecule has 22 heavy (non-hydrogen) atoms. The van der Waals surface area contributed by atoms with Crippen LogP contribution in [0.25, 0.3) is 0 Å². The SMILES string of the molecule is Cn1ccnc1CN1CCC[C@@H](c2ccn(CC(=O)O)n2)C1. The van der Waals surface area contributed by atoms with Gasteiger partial charge in [0.05, 0.1) is 12.2 Å². The Kier molecular flexibility index (Phi) is 4.24. The molecule has 1 fully saturated rings. The average Bonchev–Trinajstić information content (AvgIpc) is 3.09. The number of carboxylic acid groups (broad SMARTS) is 1. The van der Waals surface area contributed by atoms with E-state index >= 15 is 0 Å². The van der Waals surface area contributed by atoms with Crippen LogP contribution in [0.3, 0.4) is 0 Å². The number of piperidine rings is 1. The van der Waals surface area contributed by atoms with Gasteiger partial charge in [0, 0.05) is 38.1 Å². The van der Waals surface area contributed by atoms with Crippen LogP contribution in [-0.2, 0) is 24.9 Å². The van der Waals surface area contributed by atoms with Crippen molar-refractivity contribution in [1.29, 1.82) is 0 Å². The fourth-order valence-electron chi connectivity index (χ4n) is 3.01. The summed E-state index contributed by atoms with van der Waals surface area (Å²) in [6.07, 6.45) is 7.76. The number of likely N-dealkylation sites (tertiary alicyclic amines) is 1. The summed E-state index contributed by atoms with van der Waals surface area (Å²) >= 11 is 0. The molecule has 1 N–H and O–H groups in total. The highest BCUT2D eigenvalue weighted by molar-refractivity contribution is 5.66. The molecule has 1 aliphatic rings. The Balaban J connectivity index is 1.64. The Hall–Kier alpha value is -2.15. The number of aromatic nitrogens is 4. The van der Waals surface area contributed by atoms with E-state index in [2.05, 4.69) is 15.0 Å². The number of imidazole rings is 1. The lowest BCUT2D eigenvalue weighted by atomic mass is 9.95. The number of aliphatic carboxylic acids is 1. The first-order valence-electron chi connectivity index (χ1n) is 7.55. The molecule has 2 aromatic rings. The molecule has 1 atom stereocenters. The zero-order valence-electron chi connectivity index (χ0n) is 12.7. The topological polar surface area (TPSA) is 76.2 Å². The molecule has 1 aliphatic heterocycles. The Labute approximate surface area is 129 Å². The first-order chi connectivity index (χ1) is 10.6. The third-order valence-electron chi connectivity index (χ3n) is 4.17. The lowest BCUT2D eigenvalue weighted by Crippen LogP contribution is -2.34. The van der Waals surface area contributed by atoms with Crippen LogP contribution in [0, 0.1) is 0 Å². The fraction of sp³-hybridized carbons (Fsp3) is 0.533. The van der Waals surface area contributed by atoms with Gasteiger partial charge in [-0.1, -0.05) is 0 Å². The fourth-order valence-corrected chi connectivity index (χ4v) is 3.01. The minimum Gasteiger partial charge on any atom is -0.480 e. The summed E-state index contributed by atoms with van der Waals surface area (Å²) in [5, 5.41) is 13.2. The monoisotopic (exact) mass is 303 g/mol. The van der Waals surface area contributed by atoms with Crippen LogP contribution < -0.4 is 0 Å². The third-order valence-corrected chi connectivity index (χ3v) is 4.17. The summed E-state index contributed by atoms with van der Waals surface area (Å²) < 4.78 is 3.54. The molecule has 0 spiro atoms. The van der Waals surface area contributed by atoms with Gasteiger partial charge in [0.25, 0.3) is 0 Å². The normalized spacial score (nSPS) is 19.4. The molecule has 0 bridgehead atoms. The minimum atomic E-state index is -0.866. The molecule has 3 rings (SSSR count). The van der Waals surface area contributed by atoms with Crippen molar-refractivity contribution in [2.75, 3.05) is 13.1 Å². The van der Waals surface area contributed by atoms with Crippen LogP contribution in [0.15, 0.2) is 24.7 Å². The van der Waals surface area contributed by atoms with E-state index in [1.807, 2.05) is 30.1 Å². The van der Waals surface area contributed by atoms with Crippen molar-refractivity contribution in [3.63, 3.8) is 0 Å². The predicted molar refractivity (Wildman–Crippen MR) is 80.3 cm³/mol. The molecule has 0 amide bonds. The van der Waals surface area contributed by atoms with Crippen molar-refractivity contribution in [3.05, 3.63) is 36.2 Å². The largest absolute Gasteiger partial charge is 0.480 e. The zero-order chi connectivity index (χ0) is 15.5. The second-order valence-corrected chi connectivity index (χ2v) is 5.86. The van der Waals surface area contributed by atoms with E-state index in [9.17, 15) is 4.79 Å². The third kappa shape index (κ3) is 3.36. The van der Waals surface area contributed by atoms with E-state index < -0.39 is 5.97 Å². The number of aryl methyl sites for hydroxylation is 1. The molecule has 3 heterocycles. The van der Waals surface area contributed by atoms with Crippen molar-refractivity contribution in [2.24, 2.45) is 7.05 Å². The quantitative estimate of drug-likeness (QED) is 0.894. The van der Waals surface area contributed by atoms with Crippen molar-refractivity contribution >= 4 is 5.97 Å². The van der Waals surface area contributed by atoms with Gasteiger partial charge in [-0.05, 0) is 25.5 Å². The van der Waals surface area contributed by atoms with E-state index in [1.54, 1.807) is 6.20 Å². The van der Waals surface area contributed by atoms with Gasteiger partial charge in [-0.15, -0.1) is 0 Å². The first kappa shape index (κ1) is 14.8. The van der Waals surface area contributed by atoms with E-state index in [1.165, 1.54) is 4.68 Å². The molecule has 7 heteroatoms. The van der Waals surface area contributed by atoms with Gasteiger partial charge < -0.3 is 9.67 Å². The number of hydrogen-bond donors (Lipinski definition) is 1. The molecule has 0 aromatic carbocycles. The van der Waals surface area contributed by atoms with Crippen LogP contribution >= 0.6 is 0 Å².